The fraction of sp³-hybridized carbons (Fsp3) is 0.120. The van der Waals surface area contributed by atoms with Gasteiger partial charge in [-0.1, -0.05) is 36.4 Å². The van der Waals surface area contributed by atoms with Crippen LogP contribution >= 0.6 is 22.6 Å². The van der Waals surface area contributed by atoms with Crippen LogP contribution in [0.5, 0.6) is 0 Å². The first kappa shape index (κ1) is 25.5. The molecule has 1 unspecified atom stereocenters. The SMILES string of the molecule is O=C(O)Nc1nc2cc(C3(OC(=O)C(F)(F)F)c4ccccc4C(=O)N3Cc3cccc(I)c3)ccc2[nH]1. The highest BCUT2D eigenvalue weighted by Crippen LogP contribution is 2.47. The summed E-state index contributed by atoms with van der Waals surface area (Å²) in [6.07, 6.45) is -6.73. The average molecular weight is 636 g/mol. The van der Waals surface area contributed by atoms with Gasteiger partial charge in [-0.25, -0.2) is 14.6 Å². The molecule has 2 amide bonds. The van der Waals surface area contributed by atoms with Gasteiger partial charge in [0.05, 0.1) is 17.6 Å². The number of carboxylic acid groups (broad SMARTS) is 1. The second-order valence-corrected chi connectivity index (χ2v) is 9.59. The van der Waals surface area contributed by atoms with Crippen molar-refractivity contribution < 1.29 is 37.4 Å². The van der Waals surface area contributed by atoms with Gasteiger partial charge >= 0.3 is 18.2 Å². The quantitative estimate of drug-likeness (QED) is 0.204. The van der Waals surface area contributed by atoms with Gasteiger partial charge in [0.1, 0.15) is 0 Å². The number of rotatable bonds is 5. The predicted octanol–water partition coefficient (Wildman–Crippen LogP) is 5.22. The van der Waals surface area contributed by atoms with Gasteiger partial charge in [-0.2, -0.15) is 13.2 Å². The van der Waals surface area contributed by atoms with Crippen molar-refractivity contribution in [3.8, 4) is 0 Å². The van der Waals surface area contributed by atoms with E-state index in [9.17, 15) is 27.6 Å². The number of esters is 1. The molecule has 0 fully saturated rings. The van der Waals surface area contributed by atoms with Crippen LogP contribution in [0.3, 0.4) is 0 Å². The standard InChI is InChI=1S/C25H16F3IN4O5/c26-25(27,28)21(35)38-24(14-8-9-18-19(11-14)31-22(30-18)32-23(36)37)17-7-2-1-6-16(17)20(34)33(24)12-13-4-3-5-15(29)10-13/h1-11H,12H2,(H,36,37)(H2,30,31,32). The second-order valence-electron chi connectivity index (χ2n) is 8.35. The van der Waals surface area contributed by atoms with Crippen molar-refractivity contribution in [1.82, 2.24) is 14.9 Å². The number of alkyl halides is 3. The van der Waals surface area contributed by atoms with Crippen LogP contribution in [0.4, 0.5) is 23.9 Å². The van der Waals surface area contributed by atoms with E-state index >= 15 is 0 Å². The maximum atomic E-state index is 13.6. The first-order valence-corrected chi connectivity index (χ1v) is 12.0. The largest absolute Gasteiger partial charge is 0.491 e. The maximum absolute atomic E-state index is 13.6. The minimum Gasteiger partial charge on any atom is -0.465 e. The van der Waals surface area contributed by atoms with Crippen LogP contribution < -0.4 is 5.32 Å². The smallest absolute Gasteiger partial charge is 0.465 e. The number of anilines is 1. The fourth-order valence-corrected chi connectivity index (χ4v) is 5.06. The molecule has 3 N–H and O–H groups in total. The third-order valence-electron chi connectivity index (χ3n) is 5.95. The number of H-pyrrole nitrogens is 1. The predicted molar refractivity (Wildman–Crippen MR) is 136 cm³/mol. The fourth-order valence-electron chi connectivity index (χ4n) is 4.45. The number of halogens is 4. The maximum Gasteiger partial charge on any atom is 0.491 e. The van der Waals surface area contributed by atoms with E-state index < -0.39 is 29.9 Å². The molecule has 1 aromatic heterocycles. The number of aromatic amines is 1. The van der Waals surface area contributed by atoms with Gasteiger partial charge < -0.3 is 14.8 Å². The lowest BCUT2D eigenvalue weighted by atomic mass is 9.92. The van der Waals surface area contributed by atoms with Gasteiger partial charge in [0, 0.05) is 20.3 Å². The Morgan fingerprint density at radius 3 is 2.58 bits per heavy atom. The number of carbonyl (C=O) groups excluding carboxylic acids is 2. The lowest BCUT2D eigenvalue weighted by Crippen LogP contribution is -2.49. The Kier molecular flexibility index (Phi) is 6.25. The topological polar surface area (TPSA) is 125 Å². The Morgan fingerprint density at radius 2 is 1.87 bits per heavy atom. The lowest BCUT2D eigenvalue weighted by molar-refractivity contribution is -0.222. The number of aromatic nitrogens is 2. The minimum absolute atomic E-state index is 0.0138. The number of benzene rings is 3. The van der Waals surface area contributed by atoms with Crippen molar-refractivity contribution in [3.05, 3.63) is 92.6 Å². The summed E-state index contributed by atoms with van der Waals surface area (Å²) in [6.45, 7) is -0.181. The van der Waals surface area contributed by atoms with E-state index in [0.29, 0.717) is 11.1 Å². The summed E-state index contributed by atoms with van der Waals surface area (Å²) in [5, 5.41) is 11.1. The number of hydrogen-bond acceptors (Lipinski definition) is 5. The molecule has 0 radical (unpaired) electrons. The highest BCUT2D eigenvalue weighted by atomic mass is 127. The molecule has 5 rings (SSSR count). The van der Waals surface area contributed by atoms with E-state index in [2.05, 4.69) is 37.9 Å². The molecule has 9 nitrogen and oxygen atoms in total. The van der Waals surface area contributed by atoms with Crippen molar-refractivity contribution in [3.63, 3.8) is 0 Å². The minimum atomic E-state index is -5.35. The average Bonchev–Trinajstić information content (AvgIpc) is 3.35. The lowest BCUT2D eigenvalue weighted by Gasteiger charge is -2.39. The third kappa shape index (κ3) is 4.42. The van der Waals surface area contributed by atoms with Gasteiger partial charge in [0.25, 0.3) is 5.91 Å². The monoisotopic (exact) mass is 636 g/mol. The number of hydrogen-bond donors (Lipinski definition) is 3. The first-order valence-electron chi connectivity index (χ1n) is 11.0. The molecule has 194 valence electrons. The molecule has 0 saturated heterocycles. The Labute approximate surface area is 225 Å². The molecule has 0 aliphatic carbocycles. The molecule has 0 spiro atoms. The van der Waals surface area contributed by atoms with Gasteiger partial charge in [-0.15, -0.1) is 0 Å². The Bertz CT molecular complexity index is 1610. The number of amides is 2. The molecule has 0 bridgehead atoms. The summed E-state index contributed by atoms with van der Waals surface area (Å²) in [5.74, 6) is -3.24. The molecular weight excluding hydrogens is 620 g/mol. The van der Waals surface area contributed by atoms with Crippen LogP contribution in [0.2, 0.25) is 0 Å². The van der Waals surface area contributed by atoms with Crippen LogP contribution in [-0.2, 0) is 21.8 Å². The zero-order chi connectivity index (χ0) is 27.2. The number of imidazole rings is 1. The number of nitrogens with zero attached hydrogens (tertiary/aromatic N) is 2. The molecule has 38 heavy (non-hydrogen) atoms. The molecule has 1 aliphatic rings. The van der Waals surface area contributed by atoms with Crippen molar-refractivity contribution in [2.45, 2.75) is 18.4 Å². The molecule has 4 aromatic rings. The second kappa shape index (κ2) is 9.31. The highest BCUT2D eigenvalue weighted by molar-refractivity contribution is 14.1. The van der Waals surface area contributed by atoms with Crippen LogP contribution in [0.15, 0.2) is 66.7 Å². The van der Waals surface area contributed by atoms with Crippen LogP contribution in [0.25, 0.3) is 11.0 Å². The highest BCUT2D eigenvalue weighted by Gasteiger charge is 2.57. The van der Waals surface area contributed by atoms with Crippen LogP contribution in [-0.4, -0.2) is 44.1 Å². The van der Waals surface area contributed by atoms with Crippen LogP contribution in [0, 0.1) is 3.57 Å². The van der Waals surface area contributed by atoms with E-state index in [1.165, 1.54) is 36.4 Å². The van der Waals surface area contributed by atoms with Gasteiger partial charge in [0.2, 0.25) is 11.7 Å². The normalized spacial score (nSPS) is 16.9. The summed E-state index contributed by atoms with van der Waals surface area (Å²) in [7, 11) is 0. The molecule has 1 aliphatic heterocycles. The number of ether oxygens (including phenoxy) is 1. The molecule has 0 saturated carbocycles. The summed E-state index contributed by atoms with van der Waals surface area (Å²) < 4.78 is 46.9. The van der Waals surface area contributed by atoms with E-state index in [0.717, 1.165) is 8.47 Å². The van der Waals surface area contributed by atoms with Crippen molar-refractivity contribution in [2.75, 3.05) is 5.32 Å². The third-order valence-corrected chi connectivity index (χ3v) is 6.62. The number of carbonyl (C=O) groups is 3. The summed E-state index contributed by atoms with van der Waals surface area (Å²) in [6, 6.07) is 17.2. The zero-order valence-electron chi connectivity index (χ0n) is 19.0. The molecule has 2 heterocycles. The number of fused-ring (bicyclic) bond motifs is 2. The zero-order valence-corrected chi connectivity index (χ0v) is 21.2. The van der Waals surface area contributed by atoms with Crippen molar-refractivity contribution in [2.24, 2.45) is 0 Å². The van der Waals surface area contributed by atoms with Crippen LogP contribution in [0.1, 0.15) is 27.0 Å². The number of nitrogens with one attached hydrogen (secondary N) is 2. The summed E-state index contributed by atoms with van der Waals surface area (Å²) in [4.78, 5) is 45.0. The van der Waals surface area contributed by atoms with Gasteiger partial charge in [0.15, 0.2) is 0 Å². The molecule has 13 heteroatoms. The Balaban J connectivity index is 1.75. The first-order chi connectivity index (χ1) is 18.0. The summed E-state index contributed by atoms with van der Waals surface area (Å²) >= 11 is 2.07. The van der Waals surface area contributed by atoms with E-state index in [-0.39, 0.29) is 34.7 Å². The Morgan fingerprint density at radius 1 is 1.11 bits per heavy atom. The van der Waals surface area contributed by atoms with Crippen molar-refractivity contribution >= 4 is 57.5 Å². The van der Waals surface area contributed by atoms with Gasteiger partial charge in [-0.05, 0) is 58.5 Å². The molecular formula is C25H16F3IN4O5. The Hall–Kier alpha value is -4.14. The molecule has 1 atom stereocenters. The van der Waals surface area contributed by atoms with E-state index in [4.69, 9.17) is 9.84 Å². The van der Waals surface area contributed by atoms with E-state index in [1.807, 2.05) is 6.07 Å². The van der Waals surface area contributed by atoms with Gasteiger partial charge in [-0.3, -0.25) is 15.0 Å². The van der Waals surface area contributed by atoms with E-state index in [1.54, 1.807) is 24.3 Å². The summed E-state index contributed by atoms with van der Waals surface area (Å²) in [5.41, 5.74) is -1.04. The van der Waals surface area contributed by atoms with Crippen molar-refractivity contribution in [1.29, 1.82) is 0 Å². The molecule has 3 aromatic carbocycles.